The molecule has 0 radical (unpaired) electrons. The van der Waals surface area contributed by atoms with E-state index in [0.29, 0.717) is 18.4 Å². The average molecular weight is 261 g/mol. The van der Waals surface area contributed by atoms with Crippen molar-refractivity contribution >= 4 is 0 Å². The Labute approximate surface area is 115 Å². The van der Waals surface area contributed by atoms with Gasteiger partial charge >= 0.3 is 0 Å². The molecule has 1 fully saturated rings. The molecule has 0 saturated carbocycles. The number of fused-ring (bicyclic) bond motifs is 1. The highest BCUT2D eigenvalue weighted by molar-refractivity contribution is 5.37. The van der Waals surface area contributed by atoms with Gasteiger partial charge in [0.25, 0.3) is 0 Å². The third kappa shape index (κ3) is 2.93. The van der Waals surface area contributed by atoms with E-state index in [1.807, 2.05) is 6.07 Å². The van der Waals surface area contributed by atoms with Crippen LogP contribution in [0.2, 0.25) is 0 Å². The predicted molar refractivity (Wildman–Crippen MR) is 75.5 cm³/mol. The minimum Gasteiger partial charge on any atom is -0.493 e. The number of aliphatic hydroxyl groups excluding tert-OH is 1. The van der Waals surface area contributed by atoms with Crippen LogP contribution in [0.1, 0.15) is 30.7 Å². The van der Waals surface area contributed by atoms with Crippen LogP contribution in [0.3, 0.4) is 0 Å². The van der Waals surface area contributed by atoms with Gasteiger partial charge in [0.1, 0.15) is 5.75 Å². The summed E-state index contributed by atoms with van der Waals surface area (Å²) in [5.41, 5.74) is 1.37. The number of nitrogens with zero attached hydrogens (tertiary/aromatic N) is 1. The van der Waals surface area contributed by atoms with Crippen molar-refractivity contribution in [2.75, 3.05) is 32.8 Å². The molecule has 19 heavy (non-hydrogen) atoms. The Morgan fingerprint density at radius 1 is 1.16 bits per heavy atom. The fourth-order valence-corrected chi connectivity index (χ4v) is 3.27. The molecule has 1 aromatic rings. The maximum absolute atomic E-state index is 9.19. The van der Waals surface area contributed by atoms with E-state index >= 15 is 0 Å². The molecule has 1 aromatic carbocycles. The van der Waals surface area contributed by atoms with E-state index in [1.165, 1.54) is 5.56 Å². The predicted octanol–water partition coefficient (Wildman–Crippen LogP) is 2.26. The molecule has 1 N–H and O–H groups in total. The first-order valence-electron chi connectivity index (χ1n) is 7.41. The van der Waals surface area contributed by atoms with Crippen LogP contribution in [0, 0.1) is 5.92 Å². The highest BCUT2D eigenvalue weighted by Gasteiger charge is 2.25. The summed E-state index contributed by atoms with van der Waals surface area (Å²) in [5, 5.41) is 9.19. The van der Waals surface area contributed by atoms with Crippen molar-refractivity contribution in [3.8, 4) is 5.75 Å². The van der Waals surface area contributed by atoms with E-state index < -0.39 is 0 Å². The van der Waals surface area contributed by atoms with Gasteiger partial charge in [-0.15, -0.1) is 0 Å². The molecule has 3 nitrogen and oxygen atoms in total. The van der Waals surface area contributed by atoms with Gasteiger partial charge in [-0.05, 0) is 49.9 Å². The molecule has 0 amide bonds. The number of para-hydroxylation sites is 1. The summed E-state index contributed by atoms with van der Waals surface area (Å²) in [4.78, 5) is 2.55. The molecule has 1 atom stereocenters. The summed E-state index contributed by atoms with van der Waals surface area (Å²) in [7, 11) is 0. The molecule has 1 saturated heterocycles. The summed E-state index contributed by atoms with van der Waals surface area (Å²) < 4.78 is 5.73. The van der Waals surface area contributed by atoms with Crippen LogP contribution in [-0.4, -0.2) is 42.9 Å². The molecule has 104 valence electrons. The van der Waals surface area contributed by atoms with Crippen molar-refractivity contribution in [2.24, 2.45) is 5.92 Å². The lowest BCUT2D eigenvalue weighted by Gasteiger charge is -2.35. The van der Waals surface area contributed by atoms with Crippen molar-refractivity contribution in [1.29, 1.82) is 0 Å². The van der Waals surface area contributed by atoms with E-state index in [0.717, 1.165) is 51.3 Å². The largest absolute Gasteiger partial charge is 0.493 e. The van der Waals surface area contributed by atoms with Crippen molar-refractivity contribution < 1.29 is 9.84 Å². The third-order valence-electron chi connectivity index (χ3n) is 4.53. The Morgan fingerprint density at radius 3 is 2.74 bits per heavy atom. The molecular weight excluding hydrogens is 238 g/mol. The van der Waals surface area contributed by atoms with E-state index in [-0.39, 0.29) is 0 Å². The number of piperidine rings is 1. The summed E-state index contributed by atoms with van der Waals surface area (Å²) in [6, 6.07) is 8.45. The number of ether oxygens (including phenoxy) is 1. The van der Waals surface area contributed by atoms with Gasteiger partial charge < -0.3 is 14.7 Å². The Bertz CT molecular complexity index is 413. The van der Waals surface area contributed by atoms with E-state index in [9.17, 15) is 5.11 Å². The smallest absolute Gasteiger partial charge is 0.122 e. The molecule has 2 aliphatic rings. The first kappa shape index (κ1) is 12.9. The van der Waals surface area contributed by atoms with E-state index in [2.05, 4.69) is 23.1 Å². The lowest BCUT2D eigenvalue weighted by molar-refractivity contribution is 0.121. The van der Waals surface area contributed by atoms with Crippen molar-refractivity contribution in [3.63, 3.8) is 0 Å². The molecular formula is C16H23NO2. The van der Waals surface area contributed by atoms with Crippen LogP contribution < -0.4 is 4.74 Å². The van der Waals surface area contributed by atoms with Crippen LogP contribution in [0.15, 0.2) is 24.3 Å². The Morgan fingerprint density at radius 2 is 1.95 bits per heavy atom. The van der Waals surface area contributed by atoms with E-state index in [1.54, 1.807) is 0 Å². The normalized spacial score (nSPS) is 24.8. The van der Waals surface area contributed by atoms with Crippen LogP contribution in [0.4, 0.5) is 0 Å². The van der Waals surface area contributed by atoms with Gasteiger partial charge in [0, 0.05) is 19.1 Å². The second-order valence-corrected chi connectivity index (χ2v) is 5.80. The second kappa shape index (κ2) is 5.93. The van der Waals surface area contributed by atoms with Gasteiger partial charge in [0.15, 0.2) is 0 Å². The molecule has 0 bridgehead atoms. The zero-order chi connectivity index (χ0) is 13.1. The van der Waals surface area contributed by atoms with Crippen LogP contribution in [-0.2, 0) is 0 Å². The van der Waals surface area contributed by atoms with Crippen LogP contribution in [0.5, 0.6) is 5.75 Å². The Hall–Kier alpha value is -1.06. The van der Waals surface area contributed by atoms with E-state index in [4.69, 9.17) is 4.74 Å². The van der Waals surface area contributed by atoms with Crippen molar-refractivity contribution in [3.05, 3.63) is 29.8 Å². The monoisotopic (exact) mass is 261 g/mol. The first-order chi connectivity index (χ1) is 9.36. The number of hydrogen-bond donors (Lipinski definition) is 1. The highest BCUT2D eigenvalue weighted by atomic mass is 16.5. The van der Waals surface area contributed by atoms with Gasteiger partial charge in [-0.1, -0.05) is 18.2 Å². The molecule has 0 aliphatic carbocycles. The quantitative estimate of drug-likeness (QED) is 0.906. The molecule has 0 spiro atoms. The fraction of sp³-hybridized carbons (Fsp3) is 0.625. The lowest BCUT2D eigenvalue weighted by atomic mass is 9.91. The summed E-state index contributed by atoms with van der Waals surface area (Å²) in [5.74, 6) is 2.21. The Balaban J connectivity index is 1.62. The zero-order valence-electron chi connectivity index (χ0n) is 11.4. The molecule has 3 rings (SSSR count). The van der Waals surface area contributed by atoms with Gasteiger partial charge in [0.2, 0.25) is 0 Å². The summed E-state index contributed by atoms with van der Waals surface area (Å²) in [6.45, 7) is 4.59. The zero-order valence-corrected chi connectivity index (χ0v) is 11.4. The SMILES string of the molecule is OCC1CCN(CC2CCOc3ccccc32)CC1. The van der Waals surface area contributed by atoms with Crippen LogP contribution >= 0.6 is 0 Å². The van der Waals surface area contributed by atoms with Crippen molar-refractivity contribution in [2.45, 2.75) is 25.2 Å². The van der Waals surface area contributed by atoms with Crippen LogP contribution in [0.25, 0.3) is 0 Å². The third-order valence-corrected chi connectivity index (χ3v) is 4.53. The second-order valence-electron chi connectivity index (χ2n) is 5.80. The van der Waals surface area contributed by atoms with Gasteiger partial charge in [-0.3, -0.25) is 0 Å². The van der Waals surface area contributed by atoms with Gasteiger partial charge in [-0.25, -0.2) is 0 Å². The van der Waals surface area contributed by atoms with Gasteiger partial charge in [0.05, 0.1) is 6.61 Å². The number of aliphatic hydroxyl groups is 1. The van der Waals surface area contributed by atoms with Crippen molar-refractivity contribution in [1.82, 2.24) is 4.90 Å². The standard InChI is InChI=1S/C16H23NO2/c18-12-13-5-8-17(9-6-13)11-14-7-10-19-16-4-2-1-3-15(14)16/h1-4,13-14,18H,5-12H2. The Kier molecular flexibility index (Phi) is 4.04. The molecule has 2 aliphatic heterocycles. The number of hydrogen-bond acceptors (Lipinski definition) is 3. The summed E-state index contributed by atoms with van der Waals surface area (Å²) in [6.07, 6.45) is 3.40. The number of benzene rings is 1. The molecule has 3 heteroatoms. The maximum Gasteiger partial charge on any atom is 0.122 e. The topological polar surface area (TPSA) is 32.7 Å². The minimum absolute atomic E-state index is 0.355. The maximum atomic E-state index is 9.19. The average Bonchev–Trinajstić information content (AvgIpc) is 2.48. The minimum atomic E-state index is 0.355. The molecule has 1 unspecified atom stereocenters. The molecule has 2 heterocycles. The first-order valence-corrected chi connectivity index (χ1v) is 7.41. The number of rotatable bonds is 3. The fourth-order valence-electron chi connectivity index (χ4n) is 3.27. The number of likely N-dealkylation sites (tertiary alicyclic amines) is 1. The summed E-state index contributed by atoms with van der Waals surface area (Å²) >= 11 is 0. The lowest BCUT2D eigenvalue weighted by Crippen LogP contribution is -2.38. The molecule has 0 aromatic heterocycles. The van der Waals surface area contributed by atoms with Gasteiger partial charge in [-0.2, -0.15) is 0 Å². The highest BCUT2D eigenvalue weighted by Crippen LogP contribution is 2.34.